The van der Waals surface area contributed by atoms with E-state index < -0.39 is 0 Å². The smallest absolute Gasteiger partial charge is 0.324 e. The zero-order chi connectivity index (χ0) is 19.8. The van der Waals surface area contributed by atoms with Crippen LogP contribution in [-0.2, 0) is 16.1 Å². The number of amides is 3. The van der Waals surface area contributed by atoms with Gasteiger partial charge in [-0.05, 0) is 18.9 Å². The number of carbonyl (C=O) groups is 2. The minimum atomic E-state index is -0.331. The Morgan fingerprint density at radius 1 is 1.32 bits per heavy atom. The maximum Gasteiger partial charge on any atom is 0.324 e. The van der Waals surface area contributed by atoms with Crippen molar-refractivity contribution in [1.82, 2.24) is 20.4 Å². The predicted molar refractivity (Wildman–Crippen MR) is 107 cm³/mol. The number of ether oxygens (including phenoxy) is 1. The summed E-state index contributed by atoms with van der Waals surface area (Å²) in [6.45, 7) is 6.77. The molecule has 2 aliphatic rings. The highest BCUT2D eigenvalue weighted by atomic mass is 16.5. The van der Waals surface area contributed by atoms with E-state index in [4.69, 9.17) is 4.74 Å². The molecule has 0 radical (unpaired) electrons. The lowest BCUT2D eigenvalue weighted by Gasteiger charge is -2.22. The van der Waals surface area contributed by atoms with Crippen molar-refractivity contribution < 1.29 is 14.3 Å². The van der Waals surface area contributed by atoms with E-state index in [0.717, 1.165) is 38.6 Å². The van der Waals surface area contributed by atoms with Crippen LogP contribution in [0.4, 0.5) is 4.79 Å². The Labute approximate surface area is 165 Å². The number of guanidine groups is 1. The minimum absolute atomic E-state index is 0.0827. The molecular formula is C20H29N5O3. The fourth-order valence-corrected chi connectivity index (χ4v) is 3.44. The van der Waals surface area contributed by atoms with Gasteiger partial charge < -0.3 is 20.3 Å². The fraction of sp³-hybridized carbons (Fsp3) is 0.550. The molecule has 2 N–H and O–H groups in total. The molecule has 0 spiro atoms. The SMILES string of the molecule is CCNC(=NCCN1C(=O)CNC1=O)N1CCC(COCc2ccccc2)C1. The van der Waals surface area contributed by atoms with Crippen LogP contribution in [0.1, 0.15) is 18.9 Å². The van der Waals surface area contributed by atoms with Gasteiger partial charge in [-0.3, -0.25) is 14.7 Å². The van der Waals surface area contributed by atoms with Crippen molar-refractivity contribution in [3.8, 4) is 0 Å². The molecular weight excluding hydrogens is 358 g/mol. The third kappa shape index (κ3) is 5.45. The van der Waals surface area contributed by atoms with E-state index in [-0.39, 0.29) is 18.5 Å². The van der Waals surface area contributed by atoms with Gasteiger partial charge in [-0.25, -0.2) is 4.79 Å². The lowest BCUT2D eigenvalue weighted by Crippen LogP contribution is -2.41. The standard InChI is InChI=1S/C20H29N5O3/c1-2-21-19(22-9-11-25-18(26)12-23-20(25)27)24-10-8-17(13-24)15-28-14-16-6-4-3-5-7-16/h3-7,17H,2,8-15H2,1H3,(H,21,22)(H,23,27). The Morgan fingerprint density at radius 3 is 2.86 bits per heavy atom. The second kappa shape index (κ2) is 10.1. The Balaban J connectivity index is 1.44. The van der Waals surface area contributed by atoms with Crippen LogP contribution in [-0.4, -0.2) is 73.6 Å². The van der Waals surface area contributed by atoms with Crippen molar-refractivity contribution in [3.05, 3.63) is 35.9 Å². The van der Waals surface area contributed by atoms with Gasteiger partial charge in [0.25, 0.3) is 0 Å². The monoisotopic (exact) mass is 387 g/mol. The Morgan fingerprint density at radius 2 is 2.14 bits per heavy atom. The number of aliphatic imine (C=N–C) groups is 1. The Hall–Kier alpha value is -2.61. The number of likely N-dealkylation sites (tertiary alicyclic amines) is 1. The number of imide groups is 1. The molecule has 2 fully saturated rings. The summed E-state index contributed by atoms with van der Waals surface area (Å²) in [5.41, 5.74) is 1.19. The molecule has 152 valence electrons. The zero-order valence-electron chi connectivity index (χ0n) is 16.4. The van der Waals surface area contributed by atoms with Crippen molar-refractivity contribution in [2.24, 2.45) is 10.9 Å². The van der Waals surface area contributed by atoms with E-state index in [1.54, 1.807) is 0 Å². The summed E-state index contributed by atoms with van der Waals surface area (Å²) in [4.78, 5) is 31.3. The zero-order valence-corrected chi connectivity index (χ0v) is 16.4. The van der Waals surface area contributed by atoms with Crippen molar-refractivity contribution in [2.45, 2.75) is 20.0 Å². The van der Waals surface area contributed by atoms with Crippen LogP contribution in [0.15, 0.2) is 35.3 Å². The number of urea groups is 1. The first kappa shape index (κ1) is 20.1. The topological polar surface area (TPSA) is 86.3 Å². The largest absolute Gasteiger partial charge is 0.376 e. The molecule has 1 aromatic carbocycles. The predicted octanol–water partition coefficient (Wildman–Crippen LogP) is 1.04. The average Bonchev–Trinajstić information content (AvgIpc) is 3.30. The molecule has 3 rings (SSSR count). The summed E-state index contributed by atoms with van der Waals surface area (Å²) in [6.07, 6.45) is 1.06. The highest BCUT2D eigenvalue weighted by Crippen LogP contribution is 2.17. The van der Waals surface area contributed by atoms with Gasteiger partial charge in [0.1, 0.15) is 0 Å². The summed E-state index contributed by atoms with van der Waals surface area (Å²) in [5.74, 6) is 1.11. The van der Waals surface area contributed by atoms with Gasteiger partial charge in [-0.15, -0.1) is 0 Å². The second-order valence-electron chi connectivity index (χ2n) is 7.04. The van der Waals surface area contributed by atoms with Gasteiger partial charge in [-0.2, -0.15) is 0 Å². The van der Waals surface area contributed by atoms with Crippen molar-refractivity contribution in [3.63, 3.8) is 0 Å². The first-order chi connectivity index (χ1) is 13.7. The molecule has 1 unspecified atom stereocenters. The van der Waals surface area contributed by atoms with Crippen LogP contribution in [0.3, 0.4) is 0 Å². The first-order valence-electron chi connectivity index (χ1n) is 9.90. The number of nitrogens with zero attached hydrogens (tertiary/aromatic N) is 3. The summed E-state index contributed by atoms with van der Waals surface area (Å²) < 4.78 is 5.89. The van der Waals surface area contributed by atoms with Crippen LogP contribution in [0.2, 0.25) is 0 Å². The molecule has 2 aliphatic heterocycles. The van der Waals surface area contributed by atoms with E-state index >= 15 is 0 Å². The van der Waals surface area contributed by atoms with Crippen LogP contribution in [0.5, 0.6) is 0 Å². The lowest BCUT2D eigenvalue weighted by molar-refractivity contribution is -0.124. The third-order valence-corrected chi connectivity index (χ3v) is 4.91. The minimum Gasteiger partial charge on any atom is -0.376 e. The molecule has 0 aliphatic carbocycles. The molecule has 1 aromatic rings. The van der Waals surface area contributed by atoms with E-state index in [1.807, 2.05) is 25.1 Å². The highest BCUT2D eigenvalue weighted by molar-refractivity contribution is 6.01. The summed E-state index contributed by atoms with van der Waals surface area (Å²) in [7, 11) is 0. The highest BCUT2D eigenvalue weighted by Gasteiger charge is 2.28. The molecule has 8 heteroatoms. The molecule has 1 atom stereocenters. The third-order valence-electron chi connectivity index (χ3n) is 4.91. The number of hydrogen-bond donors (Lipinski definition) is 2. The van der Waals surface area contributed by atoms with Crippen molar-refractivity contribution in [2.75, 3.05) is 45.9 Å². The molecule has 3 amide bonds. The van der Waals surface area contributed by atoms with E-state index in [2.05, 4.69) is 32.7 Å². The van der Waals surface area contributed by atoms with Crippen LogP contribution in [0, 0.1) is 5.92 Å². The summed E-state index contributed by atoms with van der Waals surface area (Å²) in [5, 5.41) is 5.83. The number of hydrogen-bond acceptors (Lipinski definition) is 4. The van der Waals surface area contributed by atoms with E-state index in [9.17, 15) is 9.59 Å². The van der Waals surface area contributed by atoms with Gasteiger partial charge in [-0.1, -0.05) is 30.3 Å². The van der Waals surface area contributed by atoms with E-state index in [1.165, 1.54) is 10.5 Å². The van der Waals surface area contributed by atoms with Gasteiger partial charge in [0.2, 0.25) is 5.91 Å². The summed E-state index contributed by atoms with van der Waals surface area (Å²) >= 11 is 0. The molecule has 0 bridgehead atoms. The average molecular weight is 387 g/mol. The normalized spacial score (nSPS) is 20.0. The van der Waals surface area contributed by atoms with Gasteiger partial charge >= 0.3 is 6.03 Å². The number of carbonyl (C=O) groups excluding carboxylic acids is 2. The molecule has 2 saturated heterocycles. The number of rotatable bonds is 8. The summed E-state index contributed by atoms with van der Waals surface area (Å²) in [6, 6.07) is 9.86. The molecule has 0 saturated carbocycles. The quantitative estimate of drug-likeness (QED) is 0.396. The van der Waals surface area contributed by atoms with Crippen molar-refractivity contribution >= 4 is 17.9 Å². The first-order valence-corrected chi connectivity index (χ1v) is 9.90. The van der Waals surface area contributed by atoms with Crippen LogP contribution in [0.25, 0.3) is 0 Å². The fourth-order valence-electron chi connectivity index (χ4n) is 3.44. The maximum absolute atomic E-state index is 11.6. The van der Waals surface area contributed by atoms with Crippen molar-refractivity contribution in [1.29, 1.82) is 0 Å². The van der Waals surface area contributed by atoms with Crippen LogP contribution < -0.4 is 10.6 Å². The molecule has 8 nitrogen and oxygen atoms in total. The lowest BCUT2D eigenvalue weighted by atomic mass is 10.1. The molecule has 2 heterocycles. The molecule has 28 heavy (non-hydrogen) atoms. The van der Waals surface area contributed by atoms with Gasteiger partial charge in [0, 0.05) is 25.6 Å². The van der Waals surface area contributed by atoms with Crippen LogP contribution >= 0.6 is 0 Å². The number of benzene rings is 1. The van der Waals surface area contributed by atoms with Gasteiger partial charge in [0.05, 0.1) is 32.8 Å². The Kier molecular flexibility index (Phi) is 7.25. The van der Waals surface area contributed by atoms with Gasteiger partial charge in [0.15, 0.2) is 5.96 Å². The Bertz CT molecular complexity index is 678. The van der Waals surface area contributed by atoms with E-state index in [0.29, 0.717) is 25.6 Å². The molecule has 0 aromatic heterocycles. The second-order valence-corrected chi connectivity index (χ2v) is 7.04. The maximum atomic E-state index is 11.6. The number of nitrogens with one attached hydrogen (secondary N) is 2.